The molecule has 0 radical (unpaired) electrons. The highest BCUT2D eigenvalue weighted by molar-refractivity contribution is 7.13. The van der Waals surface area contributed by atoms with Crippen molar-refractivity contribution in [1.29, 1.82) is 0 Å². The number of aldehydes is 1. The molecule has 0 fully saturated rings. The fraction of sp³-hybridized carbons (Fsp3) is 0.136. The first kappa shape index (κ1) is 19.9. The number of carbonyl (C=O) groups excluding carboxylic acids is 2. The lowest BCUT2D eigenvalue weighted by molar-refractivity contribution is -0.105. The fourth-order valence-corrected chi connectivity index (χ4v) is 4.05. The molecule has 30 heavy (non-hydrogen) atoms. The van der Waals surface area contributed by atoms with Crippen LogP contribution in [0.5, 0.6) is 0 Å². The molecule has 0 saturated heterocycles. The molecule has 0 spiro atoms. The number of aromatic nitrogens is 1. The number of rotatable bonds is 5. The van der Waals surface area contributed by atoms with E-state index in [1.807, 2.05) is 5.38 Å². The predicted octanol–water partition coefficient (Wildman–Crippen LogP) is 4.54. The zero-order valence-corrected chi connectivity index (χ0v) is 16.6. The molecular formula is C22H17F2N3O2S. The lowest BCUT2D eigenvalue weighted by Gasteiger charge is -2.29. The first-order valence-corrected chi connectivity index (χ1v) is 10.1. The van der Waals surface area contributed by atoms with Crippen molar-refractivity contribution in [3.63, 3.8) is 0 Å². The van der Waals surface area contributed by atoms with Crippen LogP contribution >= 0.6 is 11.3 Å². The van der Waals surface area contributed by atoms with Crippen molar-refractivity contribution in [1.82, 2.24) is 4.98 Å². The number of amides is 1. The fourth-order valence-electron chi connectivity index (χ4n) is 3.38. The normalized spacial score (nSPS) is 14.0. The third-order valence-corrected chi connectivity index (χ3v) is 5.73. The standard InChI is InChI=1S/C22H17F2N3O2S/c23-18-2-1-3-19(24)20(18)21(29)26-16-6-4-14(5-7-16)17-12-27(10-8-15(17)13-28)22-25-9-11-30-22/h1-7,9,11,13H,8,10,12H2,(H,26,29). The Balaban J connectivity index is 1.54. The number of nitrogens with one attached hydrogen (secondary N) is 1. The van der Waals surface area contributed by atoms with Gasteiger partial charge in [-0.05, 0) is 47.4 Å². The van der Waals surface area contributed by atoms with Gasteiger partial charge in [0, 0.05) is 30.4 Å². The Morgan fingerprint density at radius 2 is 1.87 bits per heavy atom. The number of halogens is 2. The molecule has 1 aliphatic heterocycles. The van der Waals surface area contributed by atoms with Gasteiger partial charge in [0.1, 0.15) is 23.5 Å². The maximum Gasteiger partial charge on any atom is 0.261 e. The van der Waals surface area contributed by atoms with Crippen molar-refractivity contribution in [3.8, 4) is 0 Å². The summed E-state index contributed by atoms with van der Waals surface area (Å²) in [5.41, 5.74) is 2.23. The van der Waals surface area contributed by atoms with Gasteiger partial charge in [-0.3, -0.25) is 9.59 Å². The Morgan fingerprint density at radius 3 is 2.50 bits per heavy atom. The lowest BCUT2D eigenvalue weighted by Crippen LogP contribution is -2.31. The first-order valence-electron chi connectivity index (χ1n) is 9.24. The average Bonchev–Trinajstić information content (AvgIpc) is 3.29. The molecule has 0 unspecified atom stereocenters. The third kappa shape index (κ3) is 3.99. The van der Waals surface area contributed by atoms with Crippen molar-refractivity contribution >= 4 is 39.9 Å². The van der Waals surface area contributed by atoms with Crippen LogP contribution < -0.4 is 10.2 Å². The van der Waals surface area contributed by atoms with E-state index < -0.39 is 23.1 Å². The van der Waals surface area contributed by atoms with Crippen molar-refractivity contribution in [2.45, 2.75) is 6.42 Å². The van der Waals surface area contributed by atoms with Gasteiger partial charge in [0.15, 0.2) is 5.13 Å². The Bertz CT molecular complexity index is 1090. The van der Waals surface area contributed by atoms with Gasteiger partial charge in [-0.15, -0.1) is 11.3 Å². The van der Waals surface area contributed by atoms with Gasteiger partial charge < -0.3 is 10.2 Å². The van der Waals surface area contributed by atoms with E-state index >= 15 is 0 Å². The monoisotopic (exact) mass is 425 g/mol. The van der Waals surface area contributed by atoms with Crippen LogP contribution in [0.15, 0.2) is 59.6 Å². The molecule has 1 aromatic heterocycles. The van der Waals surface area contributed by atoms with Crippen LogP contribution in [0.2, 0.25) is 0 Å². The van der Waals surface area contributed by atoms with Crippen molar-refractivity contribution in [3.05, 3.63) is 82.4 Å². The summed E-state index contributed by atoms with van der Waals surface area (Å²) >= 11 is 1.54. The Labute approximate surface area is 175 Å². The minimum absolute atomic E-state index is 0.396. The van der Waals surface area contributed by atoms with Crippen LogP contribution in [0, 0.1) is 11.6 Å². The number of anilines is 2. The molecule has 4 rings (SSSR count). The highest BCUT2D eigenvalue weighted by atomic mass is 32.1. The number of carbonyl (C=O) groups is 2. The second kappa shape index (κ2) is 8.54. The lowest BCUT2D eigenvalue weighted by atomic mass is 9.94. The predicted molar refractivity (Wildman–Crippen MR) is 113 cm³/mol. The highest BCUT2D eigenvalue weighted by Gasteiger charge is 2.22. The van der Waals surface area contributed by atoms with E-state index in [1.54, 1.807) is 41.8 Å². The molecule has 0 bridgehead atoms. The molecule has 0 aliphatic carbocycles. The minimum Gasteiger partial charge on any atom is -0.343 e. The summed E-state index contributed by atoms with van der Waals surface area (Å²) in [6, 6.07) is 10.1. The number of thiazole rings is 1. The Hall–Kier alpha value is -3.39. The van der Waals surface area contributed by atoms with Crippen LogP contribution in [0.1, 0.15) is 22.3 Å². The summed E-state index contributed by atoms with van der Waals surface area (Å²) in [6.45, 7) is 1.27. The van der Waals surface area contributed by atoms with Crippen molar-refractivity contribution in [2.75, 3.05) is 23.3 Å². The average molecular weight is 425 g/mol. The third-order valence-electron chi connectivity index (χ3n) is 4.90. The van der Waals surface area contributed by atoms with E-state index in [2.05, 4.69) is 15.2 Å². The molecule has 0 atom stereocenters. The number of nitrogens with zero attached hydrogens (tertiary/aromatic N) is 2. The van der Waals surface area contributed by atoms with Gasteiger partial charge in [0.25, 0.3) is 5.91 Å². The summed E-state index contributed by atoms with van der Waals surface area (Å²) in [4.78, 5) is 30.3. The minimum atomic E-state index is -0.922. The second-order valence-electron chi connectivity index (χ2n) is 6.74. The molecule has 3 aromatic rings. The van der Waals surface area contributed by atoms with Crippen LogP contribution in [0.3, 0.4) is 0 Å². The molecule has 152 valence electrons. The van der Waals surface area contributed by atoms with Crippen LogP contribution in [-0.4, -0.2) is 30.3 Å². The van der Waals surface area contributed by atoms with E-state index in [9.17, 15) is 18.4 Å². The van der Waals surface area contributed by atoms with Gasteiger partial charge in [-0.2, -0.15) is 0 Å². The molecule has 8 heteroatoms. The zero-order valence-electron chi connectivity index (χ0n) is 15.8. The van der Waals surface area contributed by atoms with Crippen LogP contribution in [0.25, 0.3) is 5.57 Å². The molecule has 2 heterocycles. The maximum absolute atomic E-state index is 13.8. The topological polar surface area (TPSA) is 62.3 Å². The molecule has 1 amide bonds. The SMILES string of the molecule is O=CC1=C(c2ccc(NC(=O)c3c(F)cccc3F)cc2)CN(c2nccs2)CC1. The van der Waals surface area contributed by atoms with E-state index in [-0.39, 0.29) is 0 Å². The smallest absolute Gasteiger partial charge is 0.261 e. The van der Waals surface area contributed by atoms with E-state index in [4.69, 9.17) is 0 Å². The van der Waals surface area contributed by atoms with E-state index in [0.717, 1.165) is 40.3 Å². The van der Waals surface area contributed by atoms with Gasteiger partial charge >= 0.3 is 0 Å². The van der Waals surface area contributed by atoms with Gasteiger partial charge in [0.05, 0.1) is 0 Å². The van der Waals surface area contributed by atoms with E-state index in [0.29, 0.717) is 25.2 Å². The summed E-state index contributed by atoms with van der Waals surface area (Å²) in [5, 5.41) is 5.31. The summed E-state index contributed by atoms with van der Waals surface area (Å²) in [5.74, 6) is -2.71. The molecule has 2 aromatic carbocycles. The zero-order chi connectivity index (χ0) is 21.1. The van der Waals surface area contributed by atoms with Gasteiger partial charge in [0.2, 0.25) is 0 Å². The van der Waals surface area contributed by atoms with Gasteiger partial charge in [-0.1, -0.05) is 18.2 Å². The molecule has 5 nitrogen and oxygen atoms in total. The molecule has 1 N–H and O–H groups in total. The van der Waals surface area contributed by atoms with E-state index in [1.165, 1.54) is 6.07 Å². The van der Waals surface area contributed by atoms with Crippen LogP contribution in [-0.2, 0) is 4.79 Å². The molecule has 1 aliphatic rings. The number of hydrogen-bond acceptors (Lipinski definition) is 5. The van der Waals surface area contributed by atoms with Crippen molar-refractivity contribution < 1.29 is 18.4 Å². The highest BCUT2D eigenvalue weighted by Crippen LogP contribution is 2.30. The van der Waals surface area contributed by atoms with Crippen LogP contribution in [0.4, 0.5) is 19.6 Å². The summed E-state index contributed by atoms with van der Waals surface area (Å²) < 4.78 is 27.6. The quantitative estimate of drug-likeness (QED) is 0.610. The largest absolute Gasteiger partial charge is 0.343 e. The molecule has 0 saturated carbocycles. The summed E-state index contributed by atoms with van der Waals surface area (Å²) in [7, 11) is 0. The second-order valence-corrected chi connectivity index (χ2v) is 7.61. The molecular weight excluding hydrogens is 408 g/mol. The Morgan fingerprint density at radius 1 is 1.13 bits per heavy atom. The number of hydrogen-bond donors (Lipinski definition) is 1. The summed E-state index contributed by atoms with van der Waals surface area (Å²) in [6.07, 6.45) is 3.24. The van der Waals surface area contributed by atoms with Gasteiger partial charge in [-0.25, -0.2) is 13.8 Å². The maximum atomic E-state index is 13.8. The van der Waals surface area contributed by atoms with Crippen molar-refractivity contribution in [2.24, 2.45) is 0 Å². The first-order chi connectivity index (χ1) is 14.6. The Kier molecular flexibility index (Phi) is 5.67. The number of benzene rings is 2.